The van der Waals surface area contributed by atoms with Crippen LogP contribution in [-0.2, 0) is 26.7 Å². The molecular formula is C19H28N8. The van der Waals surface area contributed by atoms with E-state index in [9.17, 15) is 0 Å². The van der Waals surface area contributed by atoms with Crippen molar-refractivity contribution in [3.63, 3.8) is 0 Å². The Labute approximate surface area is 159 Å². The third-order valence-electron chi connectivity index (χ3n) is 4.91. The van der Waals surface area contributed by atoms with Gasteiger partial charge in [-0.1, -0.05) is 13.8 Å². The van der Waals surface area contributed by atoms with Crippen LogP contribution in [0.25, 0.3) is 11.0 Å². The van der Waals surface area contributed by atoms with Crippen molar-refractivity contribution in [1.82, 2.24) is 34.4 Å². The van der Waals surface area contributed by atoms with Gasteiger partial charge in [0.05, 0.1) is 29.5 Å². The first-order chi connectivity index (χ1) is 13.0. The molecule has 0 saturated heterocycles. The monoisotopic (exact) mass is 368 g/mol. The topological polar surface area (TPSA) is 76.7 Å². The third-order valence-corrected chi connectivity index (χ3v) is 4.91. The minimum absolute atomic E-state index is 0.643. The van der Waals surface area contributed by atoms with Crippen LogP contribution in [-0.4, -0.2) is 47.5 Å². The normalized spacial score (nSPS) is 15.3. The van der Waals surface area contributed by atoms with Crippen molar-refractivity contribution in [3.8, 4) is 0 Å². The van der Waals surface area contributed by atoms with E-state index < -0.39 is 0 Å². The van der Waals surface area contributed by atoms with Crippen LogP contribution in [0, 0.1) is 12.8 Å². The van der Waals surface area contributed by atoms with E-state index >= 15 is 0 Å². The van der Waals surface area contributed by atoms with E-state index in [1.807, 2.05) is 20.2 Å². The van der Waals surface area contributed by atoms with Crippen LogP contribution in [0.4, 0.5) is 5.82 Å². The molecule has 0 saturated carbocycles. The molecule has 8 nitrogen and oxygen atoms in total. The Balaban J connectivity index is 1.50. The van der Waals surface area contributed by atoms with Crippen molar-refractivity contribution in [3.05, 3.63) is 29.5 Å². The zero-order valence-corrected chi connectivity index (χ0v) is 16.6. The Morgan fingerprint density at radius 3 is 2.89 bits per heavy atom. The zero-order valence-electron chi connectivity index (χ0n) is 16.6. The van der Waals surface area contributed by atoms with Gasteiger partial charge in [-0.3, -0.25) is 14.3 Å². The second-order valence-electron chi connectivity index (χ2n) is 7.81. The fourth-order valence-corrected chi connectivity index (χ4v) is 3.79. The highest BCUT2D eigenvalue weighted by Crippen LogP contribution is 2.21. The van der Waals surface area contributed by atoms with Crippen LogP contribution < -0.4 is 5.32 Å². The van der Waals surface area contributed by atoms with Crippen LogP contribution in [0.15, 0.2) is 12.3 Å². The fraction of sp³-hybridized carbons (Fsp3) is 0.579. The molecule has 1 N–H and O–H groups in total. The molecule has 8 heteroatoms. The number of aryl methyl sites for hydroxylation is 3. The summed E-state index contributed by atoms with van der Waals surface area (Å²) in [6, 6.07) is 2.22. The molecule has 3 aromatic heterocycles. The van der Waals surface area contributed by atoms with Crippen molar-refractivity contribution in [1.29, 1.82) is 0 Å². The third kappa shape index (κ3) is 3.80. The molecule has 3 aromatic rings. The number of hydrogen-bond donors (Lipinski definition) is 1. The van der Waals surface area contributed by atoms with E-state index in [1.165, 1.54) is 5.69 Å². The van der Waals surface area contributed by atoms with Gasteiger partial charge in [-0.05, 0) is 25.3 Å². The highest BCUT2D eigenvalue weighted by molar-refractivity contribution is 5.86. The van der Waals surface area contributed by atoms with Crippen molar-refractivity contribution in [2.24, 2.45) is 13.0 Å². The predicted molar refractivity (Wildman–Crippen MR) is 105 cm³/mol. The van der Waals surface area contributed by atoms with Crippen molar-refractivity contribution < 1.29 is 0 Å². The molecule has 144 valence electrons. The number of anilines is 1. The van der Waals surface area contributed by atoms with E-state index in [-0.39, 0.29) is 0 Å². The quantitative estimate of drug-likeness (QED) is 0.745. The maximum atomic E-state index is 4.81. The molecular weight excluding hydrogens is 340 g/mol. The Kier molecular flexibility index (Phi) is 4.82. The summed E-state index contributed by atoms with van der Waals surface area (Å²) in [5.74, 6) is 2.23. The Hall–Kier alpha value is -2.48. The van der Waals surface area contributed by atoms with Gasteiger partial charge in [-0.15, -0.1) is 0 Å². The molecule has 0 atom stereocenters. The molecule has 0 spiro atoms. The van der Waals surface area contributed by atoms with Gasteiger partial charge >= 0.3 is 0 Å². The SMILES string of the molecule is Cc1nc(NCc2cc3n(n2)CCCN(CC(C)C)C3)c2cnn(C)c2n1. The summed E-state index contributed by atoms with van der Waals surface area (Å²) in [6.07, 6.45) is 2.96. The van der Waals surface area contributed by atoms with E-state index in [1.54, 1.807) is 4.68 Å². The molecule has 4 rings (SSSR count). The van der Waals surface area contributed by atoms with E-state index in [0.717, 1.165) is 61.0 Å². The Morgan fingerprint density at radius 2 is 2.07 bits per heavy atom. The largest absolute Gasteiger partial charge is 0.364 e. The molecule has 0 radical (unpaired) electrons. The van der Waals surface area contributed by atoms with E-state index in [4.69, 9.17) is 5.10 Å². The second kappa shape index (κ2) is 7.26. The summed E-state index contributed by atoms with van der Waals surface area (Å²) in [7, 11) is 1.90. The lowest BCUT2D eigenvalue weighted by Gasteiger charge is -2.21. The summed E-state index contributed by atoms with van der Waals surface area (Å²) in [4.78, 5) is 11.6. The van der Waals surface area contributed by atoms with E-state index in [0.29, 0.717) is 12.5 Å². The molecule has 0 aliphatic carbocycles. The minimum atomic E-state index is 0.643. The van der Waals surface area contributed by atoms with Crippen molar-refractivity contribution in [2.75, 3.05) is 18.4 Å². The minimum Gasteiger partial charge on any atom is -0.364 e. The van der Waals surface area contributed by atoms with Gasteiger partial charge in [0.25, 0.3) is 0 Å². The smallest absolute Gasteiger partial charge is 0.163 e. The van der Waals surface area contributed by atoms with Crippen LogP contribution in [0.1, 0.15) is 37.5 Å². The van der Waals surface area contributed by atoms with Gasteiger partial charge in [-0.2, -0.15) is 10.2 Å². The number of nitrogens with zero attached hydrogens (tertiary/aromatic N) is 7. The van der Waals surface area contributed by atoms with Crippen LogP contribution in [0.5, 0.6) is 0 Å². The molecule has 1 aliphatic rings. The van der Waals surface area contributed by atoms with Gasteiger partial charge in [0, 0.05) is 33.2 Å². The fourth-order valence-electron chi connectivity index (χ4n) is 3.79. The van der Waals surface area contributed by atoms with E-state index in [2.05, 4.69) is 49.9 Å². The summed E-state index contributed by atoms with van der Waals surface area (Å²) < 4.78 is 3.94. The molecule has 1 aliphatic heterocycles. The van der Waals surface area contributed by atoms with Gasteiger partial charge in [-0.25, -0.2) is 9.97 Å². The predicted octanol–water partition coefficient (Wildman–Crippen LogP) is 2.34. The molecule has 0 unspecified atom stereocenters. The maximum absolute atomic E-state index is 4.81. The first-order valence-electron chi connectivity index (χ1n) is 9.68. The standard InChI is InChI=1S/C19H28N8/c1-13(2)11-26-6-5-7-27-16(12-26)8-15(24-27)9-20-18-17-10-21-25(4)19(17)23-14(3)22-18/h8,10,13H,5-7,9,11-12H2,1-4H3,(H,20,22,23). The average molecular weight is 368 g/mol. The first-order valence-corrected chi connectivity index (χ1v) is 9.68. The first kappa shape index (κ1) is 17.9. The molecule has 0 amide bonds. The number of fused-ring (bicyclic) bond motifs is 2. The lowest BCUT2D eigenvalue weighted by molar-refractivity contribution is 0.239. The van der Waals surface area contributed by atoms with Crippen molar-refractivity contribution >= 4 is 16.9 Å². The zero-order chi connectivity index (χ0) is 19.0. The summed E-state index contributed by atoms with van der Waals surface area (Å²) in [6.45, 7) is 11.4. The van der Waals surface area contributed by atoms with Crippen molar-refractivity contribution in [2.45, 2.75) is 46.8 Å². The van der Waals surface area contributed by atoms with Gasteiger partial charge in [0.1, 0.15) is 11.6 Å². The number of rotatable bonds is 5. The molecule has 4 heterocycles. The number of aromatic nitrogens is 6. The highest BCUT2D eigenvalue weighted by atomic mass is 15.3. The molecule has 27 heavy (non-hydrogen) atoms. The van der Waals surface area contributed by atoms with Crippen LogP contribution >= 0.6 is 0 Å². The Morgan fingerprint density at radius 1 is 1.22 bits per heavy atom. The lowest BCUT2D eigenvalue weighted by atomic mass is 10.2. The van der Waals surface area contributed by atoms with Crippen LogP contribution in [0.2, 0.25) is 0 Å². The Bertz CT molecular complexity index is 939. The summed E-state index contributed by atoms with van der Waals surface area (Å²) in [5.41, 5.74) is 3.19. The average Bonchev–Trinajstić information content (AvgIpc) is 3.11. The molecule has 0 aromatic carbocycles. The second-order valence-corrected chi connectivity index (χ2v) is 7.81. The highest BCUT2D eigenvalue weighted by Gasteiger charge is 2.17. The van der Waals surface area contributed by atoms with Gasteiger partial charge in [0.15, 0.2) is 5.65 Å². The summed E-state index contributed by atoms with van der Waals surface area (Å²) >= 11 is 0. The molecule has 0 fully saturated rings. The number of hydrogen-bond acceptors (Lipinski definition) is 6. The molecule has 0 bridgehead atoms. The van der Waals surface area contributed by atoms with Crippen LogP contribution in [0.3, 0.4) is 0 Å². The van der Waals surface area contributed by atoms with Gasteiger partial charge in [0.2, 0.25) is 0 Å². The summed E-state index contributed by atoms with van der Waals surface area (Å²) in [5, 5.41) is 13.5. The lowest BCUT2D eigenvalue weighted by Crippen LogP contribution is -2.27. The maximum Gasteiger partial charge on any atom is 0.163 e. The number of nitrogens with one attached hydrogen (secondary N) is 1. The van der Waals surface area contributed by atoms with Gasteiger partial charge < -0.3 is 5.32 Å².